The van der Waals surface area contributed by atoms with Gasteiger partial charge >= 0.3 is 12.0 Å². The molecule has 9 nitrogen and oxygen atoms in total. The van der Waals surface area contributed by atoms with Gasteiger partial charge in [0.1, 0.15) is 12.2 Å². The number of urea groups is 1. The van der Waals surface area contributed by atoms with Gasteiger partial charge < -0.3 is 14.2 Å². The van der Waals surface area contributed by atoms with E-state index in [1.54, 1.807) is 18.2 Å². The minimum absolute atomic E-state index is 0.183. The number of anilines is 1. The number of imide groups is 2. The van der Waals surface area contributed by atoms with E-state index >= 15 is 0 Å². The fourth-order valence-corrected chi connectivity index (χ4v) is 3.82. The van der Waals surface area contributed by atoms with Crippen LogP contribution in [0.2, 0.25) is 0 Å². The van der Waals surface area contributed by atoms with Crippen molar-refractivity contribution in [2.45, 2.75) is 6.61 Å². The van der Waals surface area contributed by atoms with Gasteiger partial charge in [0.15, 0.2) is 11.5 Å². The van der Waals surface area contributed by atoms with Gasteiger partial charge in [0.25, 0.3) is 11.8 Å². The summed E-state index contributed by atoms with van der Waals surface area (Å²) in [7, 11) is 2.73. The summed E-state index contributed by atoms with van der Waals surface area (Å²) in [6.45, 7) is 0.316. The molecule has 1 fully saturated rings. The quantitative estimate of drug-likeness (QED) is 0.255. The van der Waals surface area contributed by atoms with E-state index in [9.17, 15) is 19.2 Å². The van der Waals surface area contributed by atoms with Crippen molar-refractivity contribution in [1.82, 2.24) is 5.32 Å². The molecule has 0 radical (unpaired) electrons. The van der Waals surface area contributed by atoms with Crippen LogP contribution in [0.5, 0.6) is 11.5 Å². The highest BCUT2D eigenvalue weighted by Gasteiger charge is 2.36. The zero-order valence-corrected chi connectivity index (χ0v) is 21.4. The third-order valence-electron chi connectivity index (χ3n) is 5.45. The van der Waals surface area contributed by atoms with Crippen molar-refractivity contribution in [3.05, 3.63) is 93.5 Å². The Bertz CT molecular complexity index is 1400. The molecule has 0 bridgehead atoms. The van der Waals surface area contributed by atoms with Gasteiger partial charge in [0, 0.05) is 4.47 Å². The normalized spacial score (nSPS) is 14.4. The molecule has 3 aromatic rings. The second-order valence-electron chi connectivity index (χ2n) is 7.82. The maximum absolute atomic E-state index is 13.2. The summed E-state index contributed by atoms with van der Waals surface area (Å²) in [5, 5.41) is 2.17. The first-order chi connectivity index (χ1) is 17.8. The number of carbonyl (C=O) groups excluding carboxylic acids is 4. The van der Waals surface area contributed by atoms with Crippen LogP contribution in [0.4, 0.5) is 10.5 Å². The van der Waals surface area contributed by atoms with Crippen LogP contribution in [0.25, 0.3) is 6.08 Å². The zero-order chi connectivity index (χ0) is 26.5. The molecule has 0 saturated carbocycles. The first-order valence-electron chi connectivity index (χ1n) is 11.0. The molecule has 0 aromatic heterocycles. The van der Waals surface area contributed by atoms with Gasteiger partial charge in [-0.05, 0) is 65.7 Å². The molecular formula is C27H21BrN2O7. The third kappa shape index (κ3) is 5.70. The van der Waals surface area contributed by atoms with E-state index in [4.69, 9.17) is 9.47 Å². The monoisotopic (exact) mass is 564 g/mol. The van der Waals surface area contributed by atoms with E-state index in [2.05, 4.69) is 26.0 Å². The molecule has 1 heterocycles. The van der Waals surface area contributed by atoms with Crippen molar-refractivity contribution in [2.75, 3.05) is 19.1 Å². The smallest absolute Gasteiger partial charge is 0.337 e. The Hall–Kier alpha value is -4.44. The lowest BCUT2D eigenvalue weighted by Gasteiger charge is -2.26. The molecule has 4 amide bonds. The number of hydrogen-bond donors (Lipinski definition) is 1. The highest BCUT2D eigenvalue weighted by molar-refractivity contribution is 9.10. The van der Waals surface area contributed by atoms with E-state index in [-0.39, 0.29) is 16.8 Å². The number of hydrogen-bond acceptors (Lipinski definition) is 7. The van der Waals surface area contributed by atoms with Gasteiger partial charge in [-0.1, -0.05) is 34.1 Å². The van der Waals surface area contributed by atoms with Gasteiger partial charge in [0.2, 0.25) is 0 Å². The first kappa shape index (κ1) is 25.6. The van der Waals surface area contributed by atoms with Crippen molar-refractivity contribution in [1.29, 1.82) is 0 Å². The van der Waals surface area contributed by atoms with Crippen LogP contribution in [-0.4, -0.2) is 38.0 Å². The number of benzene rings is 3. The van der Waals surface area contributed by atoms with E-state index in [0.717, 1.165) is 14.9 Å². The topological polar surface area (TPSA) is 111 Å². The molecular weight excluding hydrogens is 544 g/mol. The Morgan fingerprint density at radius 2 is 1.65 bits per heavy atom. The van der Waals surface area contributed by atoms with Crippen molar-refractivity contribution in [3.63, 3.8) is 0 Å². The van der Waals surface area contributed by atoms with Crippen LogP contribution < -0.4 is 19.7 Å². The number of ether oxygens (including phenoxy) is 3. The third-order valence-corrected chi connectivity index (χ3v) is 5.98. The summed E-state index contributed by atoms with van der Waals surface area (Å²) < 4.78 is 16.9. The number of esters is 1. The average Bonchev–Trinajstić information content (AvgIpc) is 2.90. The van der Waals surface area contributed by atoms with Gasteiger partial charge in [-0.3, -0.25) is 14.9 Å². The number of barbiturate groups is 1. The van der Waals surface area contributed by atoms with Crippen molar-refractivity contribution >= 4 is 51.5 Å². The van der Waals surface area contributed by atoms with E-state index in [1.165, 1.54) is 44.6 Å². The second kappa shape index (κ2) is 11.1. The second-order valence-corrected chi connectivity index (χ2v) is 8.74. The number of rotatable bonds is 7. The standard InChI is InChI=1S/C27H21BrN2O7/c1-35-23-14-17(5-12-22(23)37-15-16-3-8-19(28)9-4-16)13-21-24(31)29-27(34)30(25(21)32)20-10-6-18(7-11-20)26(33)36-2/h3-14H,15H2,1-2H3,(H,29,31,34)/b21-13+. The number of amides is 4. The Labute approximate surface area is 220 Å². The Morgan fingerprint density at radius 3 is 2.30 bits per heavy atom. The van der Waals surface area contributed by atoms with Gasteiger partial charge in [-0.15, -0.1) is 0 Å². The predicted molar refractivity (Wildman–Crippen MR) is 138 cm³/mol. The SMILES string of the molecule is COC(=O)c1ccc(N2C(=O)NC(=O)/C(=C\c3ccc(OCc4ccc(Br)cc4)c(OC)c3)C2=O)cc1. The van der Waals surface area contributed by atoms with Crippen LogP contribution >= 0.6 is 15.9 Å². The minimum atomic E-state index is -0.896. The van der Waals surface area contributed by atoms with Crippen molar-refractivity contribution in [2.24, 2.45) is 0 Å². The lowest BCUT2D eigenvalue weighted by atomic mass is 10.1. The maximum Gasteiger partial charge on any atom is 0.337 e. The van der Waals surface area contributed by atoms with E-state index < -0.39 is 23.8 Å². The largest absolute Gasteiger partial charge is 0.493 e. The van der Waals surface area contributed by atoms with Crippen LogP contribution in [-0.2, 0) is 20.9 Å². The number of carbonyl (C=O) groups is 4. The lowest BCUT2D eigenvalue weighted by molar-refractivity contribution is -0.122. The van der Waals surface area contributed by atoms with Gasteiger partial charge in [-0.2, -0.15) is 0 Å². The molecule has 188 valence electrons. The van der Waals surface area contributed by atoms with Crippen LogP contribution in [0.1, 0.15) is 21.5 Å². The number of methoxy groups -OCH3 is 2. The number of nitrogens with zero attached hydrogens (tertiary/aromatic N) is 1. The average molecular weight is 565 g/mol. The highest BCUT2D eigenvalue weighted by atomic mass is 79.9. The zero-order valence-electron chi connectivity index (χ0n) is 19.8. The molecule has 1 saturated heterocycles. The summed E-state index contributed by atoms with van der Waals surface area (Å²) in [5.74, 6) is -1.31. The van der Waals surface area contributed by atoms with Crippen molar-refractivity contribution < 1.29 is 33.4 Å². The number of halogens is 1. The molecule has 0 aliphatic carbocycles. The highest BCUT2D eigenvalue weighted by Crippen LogP contribution is 2.31. The summed E-state index contributed by atoms with van der Waals surface area (Å²) in [5.41, 5.74) is 1.63. The molecule has 3 aromatic carbocycles. The summed E-state index contributed by atoms with van der Waals surface area (Å²) >= 11 is 3.40. The van der Waals surface area contributed by atoms with Gasteiger partial charge in [-0.25, -0.2) is 14.5 Å². The number of nitrogens with one attached hydrogen (secondary N) is 1. The van der Waals surface area contributed by atoms with Crippen LogP contribution in [0.3, 0.4) is 0 Å². The Kier molecular flexibility index (Phi) is 7.69. The Morgan fingerprint density at radius 1 is 0.946 bits per heavy atom. The predicted octanol–water partition coefficient (Wildman–Crippen LogP) is 4.49. The molecule has 1 aliphatic heterocycles. The molecule has 0 unspecified atom stereocenters. The molecule has 1 aliphatic rings. The minimum Gasteiger partial charge on any atom is -0.493 e. The lowest BCUT2D eigenvalue weighted by Crippen LogP contribution is -2.54. The molecule has 4 rings (SSSR count). The van der Waals surface area contributed by atoms with E-state index in [0.29, 0.717) is 23.7 Å². The molecule has 37 heavy (non-hydrogen) atoms. The molecule has 0 atom stereocenters. The summed E-state index contributed by atoms with van der Waals surface area (Å²) in [4.78, 5) is 50.6. The van der Waals surface area contributed by atoms with E-state index in [1.807, 2.05) is 24.3 Å². The van der Waals surface area contributed by atoms with Crippen molar-refractivity contribution in [3.8, 4) is 11.5 Å². The molecule has 0 spiro atoms. The fraction of sp³-hybridized carbons (Fsp3) is 0.111. The first-order valence-corrected chi connectivity index (χ1v) is 11.7. The van der Waals surface area contributed by atoms with Crippen LogP contribution in [0.15, 0.2) is 76.8 Å². The molecule has 1 N–H and O–H groups in total. The fourth-order valence-electron chi connectivity index (χ4n) is 3.56. The van der Waals surface area contributed by atoms with Crippen LogP contribution in [0, 0.1) is 0 Å². The summed E-state index contributed by atoms with van der Waals surface area (Å²) in [6, 6.07) is 17.4. The van der Waals surface area contributed by atoms with Gasteiger partial charge in [0.05, 0.1) is 25.5 Å². The maximum atomic E-state index is 13.2. The molecule has 10 heteroatoms. The summed E-state index contributed by atoms with van der Waals surface area (Å²) in [6.07, 6.45) is 1.36. The Balaban J connectivity index is 1.57.